The summed E-state index contributed by atoms with van der Waals surface area (Å²) in [6, 6.07) is 0.101. The third-order valence-electron chi connectivity index (χ3n) is 5.76. The van der Waals surface area contributed by atoms with Crippen LogP contribution in [0.2, 0.25) is 0 Å². The quantitative estimate of drug-likeness (QED) is 0.836. The van der Waals surface area contributed by atoms with E-state index < -0.39 is 5.60 Å². The molecule has 24 heavy (non-hydrogen) atoms. The molecule has 1 aromatic heterocycles. The molecule has 2 atom stereocenters. The van der Waals surface area contributed by atoms with Crippen LogP contribution in [0.15, 0.2) is 12.4 Å². The summed E-state index contributed by atoms with van der Waals surface area (Å²) in [6.07, 6.45) is 8.72. The van der Waals surface area contributed by atoms with Gasteiger partial charge in [-0.3, -0.25) is 14.4 Å². The van der Waals surface area contributed by atoms with Gasteiger partial charge < -0.3 is 9.64 Å². The van der Waals surface area contributed by atoms with Crippen molar-refractivity contribution < 1.29 is 9.53 Å². The van der Waals surface area contributed by atoms with Crippen LogP contribution in [0.25, 0.3) is 0 Å². The second-order valence-electron chi connectivity index (χ2n) is 7.77. The van der Waals surface area contributed by atoms with Gasteiger partial charge in [-0.25, -0.2) is 0 Å². The fourth-order valence-electron chi connectivity index (χ4n) is 4.20. The predicted molar refractivity (Wildman–Crippen MR) is 90.4 cm³/mol. The molecular weight excluding hydrogens is 304 g/mol. The highest BCUT2D eigenvalue weighted by atomic mass is 16.5. The Morgan fingerprint density at radius 1 is 1.33 bits per heavy atom. The number of nitrogens with zero attached hydrogens (tertiary/aromatic N) is 4. The Kier molecular flexibility index (Phi) is 4.12. The molecule has 4 rings (SSSR count). The zero-order valence-corrected chi connectivity index (χ0v) is 14.8. The Balaban J connectivity index is 1.51. The van der Waals surface area contributed by atoms with Crippen molar-refractivity contribution in [3.63, 3.8) is 0 Å². The lowest BCUT2D eigenvalue weighted by Gasteiger charge is -2.42. The summed E-state index contributed by atoms with van der Waals surface area (Å²) in [5.41, 5.74) is 0.591. The molecule has 0 aromatic carbocycles. The van der Waals surface area contributed by atoms with Crippen LogP contribution in [-0.2, 0) is 22.2 Å². The van der Waals surface area contributed by atoms with Crippen molar-refractivity contribution in [3.05, 3.63) is 18.0 Å². The molecule has 6 nitrogen and oxygen atoms in total. The van der Waals surface area contributed by atoms with Gasteiger partial charge in [-0.15, -0.1) is 0 Å². The molecular formula is C18H28N4O2. The van der Waals surface area contributed by atoms with Gasteiger partial charge in [-0.1, -0.05) is 0 Å². The highest BCUT2D eigenvalue weighted by Gasteiger charge is 2.45. The highest BCUT2D eigenvalue weighted by molar-refractivity contribution is 5.83. The molecule has 3 heterocycles. The molecule has 0 unspecified atom stereocenters. The average molecular weight is 332 g/mol. The molecule has 3 aliphatic rings. The number of carbonyl (C=O) groups is 1. The molecule has 0 N–H and O–H groups in total. The van der Waals surface area contributed by atoms with Crippen LogP contribution in [0.3, 0.4) is 0 Å². The normalized spacial score (nSPS) is 29.8. The molecule has 2 aliphatic heterocycles. The molecule has 6 heteroatoms. The van der Waals surface area contributed by atoms with E-state index in [1.807, 2.05) is 24.3 Å². The summed E-state index contributed by atoms with van der Waals surface area (Å²) in [6.45, 7) is 6.15. The summed E-state index contributed by atoms with van der Waals surface area (Å²) < 4.78 is 7.86. The Morgan fingerprint density at radius 2 is 2.08 bits per heavy atom. The van der Waals surface area contributed by atoms with Crippen molar-refractivity contribution in [1.82, 2.24) is 19.6 Å². The molecule has 0 radical (unpaired) electrons. The molecule has 1 saturated carbocycles. The van der Waals surface area contributed by atoms with Crippen molar-refractivity contribution in [2.45, 2.75) is 44.2 Å². The number of hydrogen-bond acceptors (Lipinski definition) is 4. The zero-order chi connectivity index (χ0) is 16.7. The second-order valence-corrected chi connectivity index (χ2v) is 7.77. The summed E-state index contributed by atoms with van der Waals surface area (Å²) in [5.74, 6) is 0.890. The van der Waals surface area contributed by atoms with Gasteiger partial charge in [0.15, 0.2) is 0 Å². The van der Waals surface area contributed by atoms with Crippen molar-refractivity contribution in [2.75, 3.05) is 32.8 Å². The minimum atomic E-state index is -0.457. The summed E-state index contributed by atoms with van der Waals surface area (Å²) in [4.78, 5) is 17.8. The van der Waals surface area contributed by atoms with E-state index in [-0.39, 0.29) is 6.04 Å². The first kappa shape index (κ1) is 16.1. The number of aromatic nitrogens is 2. The Morgan fingerprint density at radius 3 is 2.71 bits per heavy atom. The summed E-state index contributed by atoms with van der Waals surface area (Å²) >= 11 is 0. The van der Waals surface area contributed by atoms with Crippen molar-refractivity contribution in [2.24, 2.45) is 13.0 Å². The van der Waals surface area contributed by atoms with Crippen molar-refractivity contribution in [1.29, 1.82) is 0 Å². The van der Waals surface area contributed by atoms with Crippen LogP contribution in [0.4, 0.5) is 0 Å². The maximum Gasteiger partial charge on any atom is 0.240 e. The first-order chi connectivity index (χ1) is 11.6. The monoisotopic (exact) mass is 332 g/mol. The van der Waals surface area contributed by atoms with E-state index in [1.165, 1.54) is 25.7 Å². The lowest BCUT2D eigenvalue weighted by molar-refractivity contribution is -0.155. The fourth-order valence-corrected chi connectivity index (χ4v) is 4.20. The highest BCUT2D eigenvalue weighted by Crippen LogP contribution is 2.38. The molecule has 0 bridgehead atoms. The number of aryl methyl sites for hydroxylation is 1. The maximum atomic E-state index is 13.3. The summed E-state index contributed by atoms with van der Waals surface area (Å²) in [5, 5.41) is 4.27. The van der Waals surface area contributed by atoms with E-state index in [0.29, 0.717) is 31.5 Å². The van der Waals surface area contributed by atoms with Crippen molar-refractivity contribution in [3.8, 4) is 0 Å². The Hall–Kier alpha value is -1.40. The minimum Gasteiger partial charge on any atom is -0.367 e. The fraction of sp³-hybridized carbons (Fsp3) is 0.778. The van der Waals surface area contributed by atoms with E-state index >= 15 is 0 Å². The van der Waals surface area contributed by atoms with E-state index in [0.717, 1.165) is 18.7 Å². The average Bonchev–Trinajstić information content (AvgIpc) is 3.06. The van der Waals surface area contributed by atoms with Crippen LogP contribution in [-0.4, -0.2) is 64.3 Å². The SMILES string of the molecule is Cn1cc([C@]2(C)CN(C(=O)[C@@H](C3CC3)N3CCCC3)CCO2)cn1. The van der Waals surface area contributed by atoms with Crippen LogP contribution < -0.4 is 0 Å². The Bertz CT molecular complexity index is 606. The lowest BCUT2D eigenvalue weighted by atomic mass is 9.96. The van der Waals surface area contributed by atoms with Gasteiger partial charge in [0.25, 0.3) is 0 Å². The first-order valence-electron chi connectivity index (χ1n) is 9.23. The number of likely N-dealkylation sites (tertiary alicyclic amines) is 1. The number of carbonyl (C=O) groups excluding carboxylic acids is 1. The van der Waals surface area contributed by atoms with Crippen molar-refractivity contribution >= 4 is 5.91 Å². The zero-order valence-electron chi connectivity index (χ0n) is 14.8. The van der Waals surface area contributed by atoms with Crippen LogP contribution in [0, 0.1) is 5.92 Å². The predicted octanol–water partition coefficient (Wildman–Crippen LogP) is 1.37. The van der Waals surface area contributed by atoms with E-state index in [4.69, 9.17) is 4.74 Å². The van der Waals surface area contributed by atoms with Gasteiger partial charge in [0.1, 0.15) is 5.60 Å². The number of rotatable bonds is 4. The molecule has 1 aliphatic carbocycles. The van der Waals surface area contributed by atoms with Gasteiger partial charge in [0.05, 0.1) is 25.4 Å². The molecule has 1 aromatic rings. The van der Waals surface area contributed by atoms with Gasteiger partial charge in [-0.2, -0.15) is 5.10 Å². The smallest absolute Gasteiger partial charge is 0.240 e. The molecule has 0 spiro atoms. The lowest BCUT2D eigenvalue weighted by Crippen LogP contribution is -2.56. The van der Waals surface area contributed by atoms with E-state index in [1.54, 1.807) is 4.68 Å². The minimum absolute atomic E-state index is 0.101. The number of hydrogen-bond donors (Lipinski definition) is 0. The van der Waals surface area contributed by atoms with Crippen LogP contribution in [0.1, 0.15) is 38.2 Å². The number of ether oxygens (including phenoxy) is 1. The van der Waals surface area contributed by atoms with Gasteiger partial charge in [0.2, 0.25) is 5.91 Å². The first-order valence-corrected chi connectivity index (χ1v) is 9.23. The third-order valence-corrected chi connectivity index (χ3v) is 5.76. The van der Waals surface area contributed by atoms with Gasteiger partial charge in [0, 0.05) is 25.4 Å². The second kappa shape index (κ2) is 6.15. The van der Waals surface area contributed by atoms with E-state index in [9.17, 15) is 4.79 Å². The van der Waals surface area contributed by atoms with E-state index in [2.05, 4.69) is 16.9 Å². The Labute approximate surface area is 143 Å². The molecule has 132 valence electrons. The molecule has 1 amide bonds. The number of morpholine rings is 1. The van der Waals surface area contributed by atoms with Crippen LogP contribution >= 0.6 is 0 Å². The standard InChI is InChI=1S/C18H28N4O2/c1-18(15-11-19-20(2)12-15)13-22(9-10-24-18)17(23)16(14-5-6-14)21-7-3-4-8-21/h11-12,14,16H,3-10,13H2,1-2H3/t16-,18+/m1/s1. The maximum absolute atomic E-state index is 13.3. The molecule has 2 saturated heterocycles. The largest absolute Gasteiger partial charge is 0.367 e. The van der Waals surface area contributed by atoms with Gasteiger partial charge in [-0.05, 0) is 51.6 Å². The van der Waals surface area contributed by atoms with Crippen LogP contribution in [0.5, 0.6) is 0 Å². The summed E-state index contributed by atoms with van der Waals surface area (Å²) in [7, 11) is 1.91. The molecule has 3 fully saturated rings. The third kappa shape index (κ3) is 2.97. The topological polar surface area (TPSA) is 50.6 Å². The number of amides is 1. The van der Waals surface area contributed by atoms with Gasteiger partial charge >= 0.3 is 0 Å².